The van der Waals surface area contributed by atoms with Crippen molar-refractivity contribution in [2.75, 3.05) is 6.54 Å². The fourth-order valence-corrected chi connectivity index (χ4v) is 3.24. The van der Waals surface area contributed by atoms with Crippen molar-refractivity contribution in [1.29, 1.82) is 0 Å². The van der Waals surface area contributed by atoms with Gasteiger partial charge in [-0.25, -0.2) is 0 Å². The Bertz CT molecular complexity index is 602. The predicted molar refractivity (Wildman–Crippen MR) is 87.2 cm³/mol. The van der Waals surface area contributed by atoms with E-state index >= 15 is 0 Å². The SMILES string of the molecule is O=C(C1CC1)N1CCCCC1CC=Cc1ccc(C(F)(F)F)cc1. The molecule has 130 valence electrons. The summed E-state index contributed by atoms with van der Waals surface area (Å²) in [4.78, 5) is 14.4. The van der Waals surface area contributed by atoms with E-state index in [4.69, 9.17) is 0 Å². The van der Waals surface area contributed by atoms with E-state index in [0.29, 0.717) is 5.91 Å². The maximum atomic E-state index is 12.5. The molecule has 0 bridgehead atoms. The lowest BCUT2D eigenvalue weighted by Gasteiger charge is -2.35. The number of rotatable bonds is 4. The van der Waals surface area contributed by atoms with Crippen LogP contribution >= 0.6 is 0 Å². The summed E-state index contributed by atoms with van der Waals surface area (Å²) in [5, 5.41) is 0. The molecule has 5 heteroatoms. The highest BCUT2D eigenvalue weighted by Gasteiger charge is 2.36. The van der Waals surface area contributed by atoms with Crippen LogP contribution in [-0.4, -0.2) is 23.4 Å². The van der Waals surface area contributed by atoms with Crippen LogP contribution < -0.4 is 0 Å². The summed E-state index contributed by atoms with van der Waals surface area (Å²) in [5.74, 6) is 0.534. The second-order valence-electron chi connectivity index (χ2n) is 6.71. The molecule has 1 saturated heterocycles. The van der Waals surface area contributed by atoms with Crippen molar-refractivity contribution < 1.29 is 18.0 Å². The molecule has 1 atom stereocenters. The quantitative estimate of drug-likeness (QED) is 0.765. The second kappa shape index (κ2) is 6.99. The molecule has 1 aromatic rings. The zero-order valence-electron chi connectivity index (χ0n) is 13.6. The van der Waals surface area contributed by atoms with Crippen molar-refractivity contribution in [3.05, 3.63) is 41.5 Å². The minimum absolute atomic E-state index is 0.234. The van der Waals surface area contributed by atoms with Gasteiger partial charge in [0.25, 0.3) is 0 Å². The lowest BCUT2D eigenvalue weighted by Crippen LogP contribution is -2.44. The van der Waals surface area contributed by atoms with Gasteiger partial charge in [-0.1, -0.05) is 24.3 Å². The molecule has 0 spiro atoms. The lowest BCUT2D eigenvalue weighted by atomic mass is 9.98. The number of carbonyl (C=O) groups excluding carboxylic acids is 1. The standard InChI is InChI=1S/C19H22F3NO/c20-19(21,22)16-11-7-14(8-12-16)4-3-6-17-5-1-2-13-23(17)18(24)15-9-10-15/h3-4,7-8,11-12,15,17H,1-2,5-6,9-10,13H2. The van der Waals surface area contributed by atoms with E-state index in [1.54, 1.807) is 0 Å². The summed E-state index contributed by atoms with van der Waals surface area (Å²) in [5.41, 5.74) is 0.118. The van der Waals surface area contributed by atoms with Crippen LogP contribution in [0.15, 0.2) is 30.3 Å². The van der Waals surface area contributed by atoms with E-state index in [0.717, 1.165) is 62.8 Å². The van der Waals surface area contributed by atoms with Gasteiger partial charge in [-0.3, -0.25) is 4.79 Å². The molecule has 2 aliphatic rings. The van der Waals surface area contributed by atoms with Crippen LogP contribution in [0.2, 0.25) is 0 Å². The Morgan fingerprint density at radius 3 is 2.46 bits per heavy atom. The molecule has 0 aromatic heterocycles. The zero-order chi connectivity index (χ0) is 17.2. The molecule has 1 amide bonds. The first-order valence-electron chi connectivity index (χ1n) is 8.59. The lowest BCUT2D eigenvalue weighted by molar-refractivity contribution is -0.137. The maximum absolute atomic E-state index is 12.5. The number of benzene rings is 1. The van der Waals surface area contributed by atoms with Gasteiger partial charge >= 0.3 is 6.18 Å². The first kappa shape index (κ1) is 17.1. The van der Waals surface area contributed by atoms with Gasteiger partial charge in [0.15, 0.2) is 0 Å². The van der Waals surface area contributed by atoms with Crippen molar-refractivity contribution in [2.45, 2.75) is 50.7 Å². The first-order chi connectivity index (χ1) is 11.4. The molecule has 1 aliphatic carbocycles. The summed E-state index contributed by atoms with van der Waals surface area (Å²) in [6.07, 6.45) is 5.53. The summed E-state index contributed by atoms with van der Waals surface area (Å²) < 4.78 is 37.6. The summed E-state index contributed by atoms with van der Waals surface area (Å²) in [6, 6.07) is 5.39. The van der Waals surface area contributed by atoms with Gasteiger partial charge in [-0.05, 0) is 56.2 Å². The summed E-state index contributed by atoms with van der Waals surface area (Å²) in [7, 11) is 0. The van der Waals surface area contributed by atoms with Gasteiger partial charge in [0.05, 0.1) is 5.56 Å². The molecular weight excluding hydrogens is 315 g/mol. The highest BCUT2D eigenvalue weighted by Crippen LogP contribution is 2.34. The van der Waals surface area contributed by atoms with Crippen LogP contribution in [0.25, 0.3) is 6.08 Å². The molecule has 1 unspecified atom stereocenters. The molecular formula is C19H22F3NO. The third-order valence-corrected chi connectivity index (χ3v) is 4.79. The molecule has 0 radical (unpaired) electrons. The van der Waals surface area contributed by atoms with Crippen LogP contribution in [0, 0.1) is 5.92 Å². The van der Waals surface area contributed by atoms with Crippen LogP contribution in [0.5, 0.6) is 0 Å². The van der Waals surface area contributed by atoms with Gasteiger partial charge in [0.2, 0.25) is 5.91 Å². The third-order valence-electron chi connectivity index (χ3n) is 4.79. The minimum atomic E-state index is -4.30. The van der Waals surface area contributed by atoms with Gasteiger partial charge in [0.1, 0.15) is 0 Å². The Balaban J connectivity index is 1.59. The van der Waals surface area contributed by atoms with E-state index in [9.17, 15) is 18.0 Å². The largest absolute Gasteiger partial charge is 0.416 e. The highest BCUT2D eigenvalue weighted by atomic mass is 19.4. The number of piperidine rings is 1. The Kier molecular flexibility index (Phi) is 4.97. The van der Waals surface area contributed by atoms with Crippen molar-refractivity contribution in [3.63, 3.8) is 0 Å². The number of nitrogens with zero attached hydrogens (tertiary/aromatic N) is 1. The van der Waals surface area contributed by atoms with Gasteiger partial charge in [-0.2, -0.15) is 13.2 Å². The molecule has 1 saturated carbocycles. The molecule has 2 fully saturated rings. The average molecular weight is 337 g/mol. The van der Waals surface area contributed by atoms with E-state index in [2.05, 4.69) is 0 Å². The number of likely N-dealkylation sites (tertiary alicyclic amines) is 1. The smallest absolute Gasteiger partial charge is 0.339 e. The number of alkyl halides is 3. The van der Waals surface area contributed by atoms with Gasteiger partial charge in [-0.15, -0.1) is 0 Å². The second-order valence-corrected chi connectivity index (χ2v) is 6.71. The molecule has 3 rings (SSSR count). The number of hydrogen-bond acceptors (Lipinski definition) is 1. The number of halogens is 3. The van der Waals surface area contributed by atoms with Crippen LogP contribution in [-0.2, 0) is 11.0 Å². The van der Waals surface area contributed by atoms with Gasteiger partial charge < -0.3 is 4.90 Å². The average Bonchev–Trinajstić information content (AvgIpc) is 3.39. The first-order valence-corrected chi connectivity index (χ1v) is 8.59. The molecule has 0 N–H and O–H groups in total. The van der Waals surface area contributed by atoms with E-state index in [-0.39, 0.29) is 12.0 Å². The van der Waals surface area contributed by atoms with Crippen molar-refractivity contribution in [3.8, 4) is 0 Å². The van der Waals surface area contributed by atoms with Crippen LogP contribution in [0.1, 0.15) is 49.7 Å². The minimum Gasteiger partial charge on any atom is -0.339 e. The maximum Gasteiger partial charge on any atom is 0.416 e. The van der Waals surface area contributed by atoms with Crippen LogP contribution in [0.4, 0.5) is 13.2 Å². The highest BCUT2D eigenvalue weighted by molar-refractivity contribution is 5.81. The van der Waals surface area contributed by atoms with Gasteiger partial charge in [0, 0.05) is 18.5 Å². The third kappa shape index (κ3) is 4.19. The van der Waals surface area contributed by atoms with E-state index in [1.165, 1.54) is 12.1 Å². The molecule has 1 heterocycles. The summed E-state index contributed by atoms with van der Waals surface area (Å²) >= 11 is 0. The Hall–Kier alpha value is -1.78. The fraction of sp³-hybridized carbons (Fsp3) is 0.526. The van der Waals surface area contributed by atoms with Crippen molar-refractivity contribution >= 4 is 12.0 Å². The monoisotopic (exact) mass is 337 g/mol. The van der Waals surface area contributed by atoms with Crippen LogP contribution in [0.3, 0.4) is 0 Å². The van der Waals surface area contributed by atoms with Crippen molar-refractivity contribution in [2.24, 2.45) is 5.92 Å². The number of amides is 1. The fourth-order valence-electron chi connectivity index (χ4n) is 3.24. The molecule has 1 aromatic carbocycles. The predicted octanol–water partition coefficient (Wildman–Crippen LogP) is 4.90. The number of carbonyl (C=O) groups is 1. The summed E-state index contributed by atoms with van der Waals surface area (Å²) in [6.45, 7) is 0.841. The zero-order valence-corrected chi connectivity index (χ0v) is 13.6. The molecule has 2 nitrogen and oxygen atoms in total. The Labute approximate surface area is 140 Å². The number of hydrogen-bond donors (Lipinski definition) is 0. The van der Waals surface area contributed by atoms with E-state index in [1.807, 2.05) is 17.1 Å². The van der Waals surface area contributed by atoms with E-state index < -0.39 is 11.7 Å². The topological polar surface area (TPSA) is 20.3 Å². The Morgan fingerprint density at radius 2 is 1.83 bits per heavy atom. The molecule has 24 heavy (non-hydrogen) atoms. The Morgan fingerprint density at radius 1 is 1.12 bits per heavy atom. The van der Waals surface area contributed by atoms with Crippen molar-refractivity contribution in [1.82, 2.24) is 4.90 Å². The molecule has 1 aliphatic heterocycles. The normalized spacial score (nSPS) is 22.1.